The van der Waals surface area contributed by atoms with Crippen LogP contribution in [0.1, 0.15) is 4.88 Å². The van der Waals surface area contributed by atoms with E-state index in [-0.39, 0.29) is 0 Å². The molecule has 2 heteroatoms. The Bertz CT molecular complexity index is 455. The Morgan fingerprint density at radius 1 is 1.00 bits per heavy atom. The average Bonchev–Trinajstić information content (AvgIpc) is 2.81. The molecule has 0 atom stereocenters. The van der Waals surface area contributed by atoms with Gasteiger partial charge in [-0.05, 0) is 11.4 Å². The van der Waals surface area contributed by atoms with E-state index in [1.165, 1.54) is 10.1 Å². The molecule has 0 aliphatic carbocycles. The molecule has 0 N–H and O–H groups in total. The van der Waals surface area contributed by atoms with Crippen molar-refractivity contribution in [3.8, 4) is 0 Å². The monoisotopic (exact) mass is 244 g/mol. The van der Waals surface area contributed by atoms with E-state index < -0.39 is 8.07 Å². The molecule has 0 saturated heterocycles. The fourth-order valence-corrected chi connectivity index (χ4v) is 4.22. The average molecular weight is 244 g/mol. The summed E-state index contributed by atoms with van der Waals surface area (Å²) >= 11 is 1.79. The molecule has 1 aromatic carbocycles. The minimum absolute atomic E-state index is 1.34. The quantitative estimate of drug-likeness (QED) is 0.718. The molecule has 0 unspecified atom stereocenters. The molecule has 2 aromatic rings. The SMILES string of the molecule is C[Si](C)(/C=C/c1cccs1)c1ccccc1. The lowest BCUT2D eigenvalue weighted by Crippen LogP contribution is -2.39. The van der Waals surface area contributed by atoms with E-state index in [9.17, 15) is 0 Å². The van der Waals surface area contributed by atoms with Gasteiger partial charge in [-0.15, -0.1) is 11.3 Å². The molecule has 0 fully saturated rings. The van der Waals surface area contributed by atoms with Crippen molar-refractivity contribution >= 4 is 30.7 Å². The first-order chi connectivity index (χ1) is 7.68. The van der Waals surface area contributed by atoms with E-state index in [1.807, 2.05) is 0 Å². The van der Waals surface area contributed by atoms with E-state index in [4.69, 9.17) is 0 Å². The summed E-state index contributed by atoms with van der Waals surface area (Å²) in [6.07, 6.45) is 2.27. The molecular formula is C14H16SSi. The van der Waals surface area contributed by atoms with Gasteiger partial charge in [0.15, 0.2) is 0 Å². The van der Waals surface area contributed by atoms with E-state index in [1.54, 1.807) is 11.3 Å². The Morgan fingerprint density at radius 2 is 1.75 bits per heavy atom. The predicted molar refractivity (Wildman–Crippen MR) is 76.9 cm³/mol. The summed E-state index contributed by atoms with van der Waals surface area (Å²) in [6, 6.07) is 15.1. The fourth-order valence-electron chi connectivity index (χ4n) is 1.64. The van der Waals surface area contributed by atoms with Crippen molar-refractivity contribution in [2.75, 3.05) is 0 Å². The van der Waals surface area contributed by atoms with Crippen LogP contribution in [0.15, 0.2) is 53.5 Å². The summed E-state index contributed by atoms with van der Waals surface area (Å²) < 4.78 is 0. The maximum atomic E-state index is 2.41. The second-order valence-electron chi connectivity index (χ2n) is 4.44. The first-order valence-corrected chi connectivity index (χ1v) is 9.42. The number of thiophene rings is 1. The third-order valence-corrected chi connectivity index (χ3v) is 6.38. The summed E-state index contributed by atoms with van der Waals surface area (Å²) in [5, 5.41) is 3.61. The summed E-state index contributed by atoms with van der Waals surface area (Å²) in [4.78, 5) is 1.34. The molecule has 16 heavy (non-hydrogen) atoms. The van der Waals surface area contributed by atoms with E-state index in [2.05, 4.69) is 72.7 Å². The molecular weight excluding hydrogens is 228 g/mol. The maximum absolute atomic E-state index is 2.41. The minimum Gasteiger partial charge on any atom is -0.145 e. The zero-order valence-corrected chi connectivity index (χ0v) is 11.5. The van der Waals surface area contributed by atoms with Gasteiger partial charge in [0, 0.05) is 4.88 Å². The van der Waals surface area contributed by atoms with Gasteiger partial charge < -0.3 is 0 Å². The van der Waals surface area contributed by atoms with Gasteiger partial charge in [0.2, 0.25) is 0 Å². The van der Waals surface area contributed by atoms with E-state index in [0.29, 0.717) is 0 Å². The molecule has 0 aliphatic rings. The van der Waals surface area contributed by atoms with Crippen molar-refractivity contribution in [3.63, 3.8) is 0 Å². The zero-order chi connectivity index (χ0) is 11.4. The van der Waals surface area contributed by atoms with Crippen LogP contribution in [0.3, 0.4) is 0 Å². The van der Waals surface area contributed by atoms with Crippen LogP contribution in [-0.4, -0.2) is 8.07 Å². The van der Waals surface area contributed by atoms with Crippen molar-refractivity contribution in [2.24, 2.45) is 0 Å². The zero-order valence-electron chi connectivity index (χ0n) is 9.68. The lowest BCUT2D eigenvalue weighted by atomic mass is 10.4. The van der Waals surface area contributed by atoms with Gasteiger partial charge in [-0.25, -0.2) is 0 Å². The van der Waals surface area contributed by atoms with Gasteiger partial charge in [0.25, 0.3) is 0 Å². The molecule has 1 aromatic heterocycles. The molecule has 82 valence electrons. The summed E-state index contributed by atoms with van der Waals surface area (Å²) in [6.45, 7) is 4.76. The molecule has 0 amide bonds. The highest BCUT2D eigenvalue weighted by Gasteiger charge is 2.18. The molecule has 0 bridgehead atoms. The van der Waals surface area contributed by atoms with E-state index >= 15 is 0 Å². The number of rotatable bonds is 3. The Hall–Kier alpha value is -1.12. The molecule has 0 spiro atoms. The first-order valence-electron chi connectivity index (χ1n) is 5.47. The lowest BCUT2D eigenvalue weighted by molar-refractivity contribution is 1.71. The standard InChI is InChI=1S/C14H16SSi/c1-16(2,14-8-4-3-5-9-14)12-10-13-7-6-11-15-13/h3-12H,1-2H3/b12-10+. The summed E-state index contributed by atoms with van der Waals surface area (Å²) in [7, 11) is -1.41. The van der Waals surface area contributed by atoms with Crippen LogP contribution in [0.5, 0.6) is 0 Å². The molecule has 0 aliphatic heterocycles. The Balaban J connectivity index is 2.20. The summed E-state index contributed by atoms with van der Waals surface area (Å²) in [5.74, 6) is 0. The molecule has 0 saturated carbocycles. The summed E-state index contributed by atoms with van der Waals surface area (Å²) in [5.41, 5.74) is 2.41. The number of hydrogen-bond donors (Lipinski definition) is 0. The van der Waals surface area contributed by atoms with Gasteiger partial charge in [0.05, 0.1) is 0 Å². The topological polar surface area (TPSA) is 0 Å². The number of benzene rings is 1. The molecule has 0 nitrogen and oxygen atoms in total. The van der Waals surface area contributed by atoms with Crippen molar-refractivity contribution in [2.45, 2.75) is 13.1 Å². The highest BCUT2D eigenvalue weighted by Crippen LogP contribution is 2.13. The largest absolute Gasteiger partial charge is 0.145 e. The first kappa shape index (κ1) is 11.4. The van der Waals surface area contributed by atoms with Crippen LogP contribution >= 0.6 is 11.3 Å². The second-order valence-corrected chi connectivity index (χ2v) is 9.77. The van der Waals surface area contributed by atoms with Crippen LogP contribution < -0.4 is 5.19 Å². The fraction of sp³-hybridized carbons (Fsp3) is 0.143. The smallest absolute Gasteiger partial charge is 0.104 e. The third kappa shape index (κ3) is 2.71. The van der Waals surface area contributed by atoms with Crippen LogP contribution in [0.4, 0.5) is 0 Å². The van der Waals surface area contributed by atoms with E-state index in [0.717, 1.165) is 0 Å². The molecule has 1 heterocycles. The Morgan fingerprint density at radius 3 is 2.38 bits per heavy atom. The van der Waals surface area contributed by atoms with Crippen LogP contribution in [-0.2, 0) is 0 Å². The van der Waals surface area contributed by atoms with Crippen LogP contribution in [0.25, 0.3) is 6.08 Å². The minimum atomic E-state index is -1.41. The van der Waals surface area contributed by atoms with Gasteiger partial charge in [-0.3, -0.25) is 0 Å². The van der Waals surface area contributed by atoms with Gasteiger partial charge >= 0.3 is 0 Å². The van der Waals surface area contributed by atoms with Crippen molar-refractivity contribution in [3.05, 3.63) is 58.4 Å². The Kier molecular flexibility index (Phi) is 3.41. The van der Waals surface area contributed by atoms with Crippen LogP contribution in [0.2, 0.25) is 13.1 Å². The van der Waals surface area contributed by atoms with Gasteiger partial charge in [-0.1, -0.05) is 66.5 Å². The van der Waals surface area contributed by atoms with Gasteiger partial charge in [-0.2, -0.15) is 0 Å². The van der Waals surface area contributed by atoms with Crippen molar-refractivity contribution in [1.82, 2.24) is 0 Å². The lowest BCUT2D eigenvalue weighted by Gasteiger charge is -2.17. The normalized spacial score (nSPS) is 12.1. The predicted octanol–water partition coefficient (Wildman–Crippen LogP) is 3.92. The molecule has 2 rings (SSSR count). The van der Waals surface area contributed by atoms with Crippen molar-refractivity contribution in [1.29, 1.82) is 0 Å². The molecule has 0 radical (unpaired) electrons. The second kappa shape index (κ2) is 4.81. The Labute approximate surface area is 102 Å². The highest BCUT2D eigenvalue weighted by atomic mass is 32.1. The van der Waals surface area contributed by atoms with Crippen molar-refractivity contribution < 1.29 is 0 Å². The highest BCUT2D eigenvalue weighted by molar-refractivity contribution is 7.11. The number of hydrogen-bond acceptors (Lipinski definition) is 1. The maximum Gasteiger partial charge on any atom is 0.104 e. The van der Waals surface area contributed by atoms with Gasteiger partial charge in [0.1, 0.15) is 8.07 Å². The van der Waals surface area contributed by atoms with Crippen LogP contribution in [0, 0.1) is 0 Å². The third-order valence-electron chi connectivity index (χ3n) is 2.73.